The SMILES string of the molecule is COCC1(C(C)N(C(=O)C(F)(F)F)[C@@H]2CC2c2ccccc2)CCN(C(=O)OC(C)(C)C)CC1. The fraction of sp³-hybridized carbons (Fsp3) is 0.680. The van der Waals surface area contributed by atoms with E-state index in [1.165, 1.54) is 7.11 Å². The number of hydrogen-bond acceptors (Lipinski definition) is 4. The highest BCUT2D eigenvalue weighted by molar-refractivity contribution is 5.83. The second-order valence-corrected chi connectivity index (χ2v) is 10.5. The minimum absolute atomic E-state index is 0.128. The quantitative estimate of drug-likeness (QED) is 0.571. The van der Waals surface area contributed by atoms with Crippen LogP contribution in [0.1, 0.15) is 58.4 Å². The molecule has 1 saturated carbocycles. The predicted molar refractivity (Wildman–Crippen MR) is 121 cm³/mol. The number of piperidine rings is 1. The third kappa shape index (κ3) is 5.85. The molecule has 0 N–H and O–H groups in total. The first-order valence-corrected chi connectivity index (χ1v) is 11.7. The van der Waals surface area contributed by atoms with Crippen LogP contribution >= 0.6 is 0 Å². The molecule has 0 bridgehead atoms. The Hall–Kier alpha value is -2.29. The highest BCUT2D eigenvalue weighted by atomic mass is 19.4. The normalized spacial score (nSPS) is 23.2. The lowest BCUT2D eigenvalue weighted by molar-refractivity contribution is -0.192. The van der Waals surface area contributed by atoms with E-state index in [-0.39, 0.29) is 12.5 Å². The van der Waals surface area contributed by atoms with E-state index in [0.717, 1.165) is 10.5 Å². The third-order valence-corrected chi connectivity index (χ3v) is 6.96. The average molecular weight is 485 g/mol. The van der Waals surface area contributed by atoms with Crippen molar-refractivity contribution in [3.63, 3.8) is 0 Å². The molecule has 0 radical (unpaired) electrons. The summed E-state index contributed by atoms with van der Waals surface area (Å²) in [5.41, 5.74) is -0.419. The maximum absolute atomic E-state index is 13.7. The number of carbonyl (C=O) groups is 2. The van der Waals surface area contributed by atoms with E-state index in [9.17, 15) is 22.8 Å². The number of benzene rings is 1. The Morgan fingerprint density at radius 2 is 1.74 bits per heavy atom. The number of amides is 2. The zero-order valence-corrected chi connectivity index (χ0v) is 20.5. The van der Waals surface area contributed by atoms with Crippen molar-refractivity contribution < 1.29 is 32.2 Å². The van der Waals surface area contributed by atoms with Crippen LogP contribution in [0, 0.1) is 5.41 Å². The maximum Gasteiger partial charge on any atom is 0.471 e. The Labute approximate surface area is 199 Å². The van der Waals surface area contributed by atoms with Gasteiger partial charge in [-0.2, -0.15) is 13.2 Å². The molecule has 190 valence electrons. The molecule has 2 amide bonds. The van der Waals surface area contributed by atoms with E-state index < -0.39 is 41.3 Å². The zero-order valence-electron chi connectivity index (χ0n) is 20.5. The average Bonchev–Trinajstić information content (AvgIpc) is 3.53. The van der Waals surface area contributed by atoms with Crippen LogP contribution < -0.4 is 0 Å². The minimum atomic E-state index is -4.97. The molecule has 1 saturated heterocycles. The first kappa shape index (κ1) is 26.3. The smallest absolute Gasteiger partial charge is 0.444 e. The van der Waals surface area contributed by atoms with Crippen molar-refractivity contribution >= 4 is 12.0 Å². The van der Waals surface area contributed by atoms with Crippen molar-refractivity contribution in [2.75, 3.05) is 26.8 Å². The van der Waals surface area contributed by atoms with Gasteiger partial charge in [-0.15, -0.1) is 0 Å². The van der Waals surface area contributed by atoms with Crippen molar-refractivity contribution in [2.45, 2.75) is 76.7 Å². The van der Waals surface area contributed by atoms with Gasteiger partial charge in [-0.25, -0.2) is 4.79 Å². The molecule has 3 atom stereocenters. The molecule has 0 aromatic heterocycles. The summed E-state index contributed by atoms with van der Waals surface area (Å²) >= 11 is 0. The molecule has 2 fully saturated rings. The van der Waals surface area contributed by atoms with E-state index in [2.05, 4.69) is 0 Å². The van der Waals surface area contributed by atoms with Gasteiger partial charge in [0.05, 0.1) is 6.61 Å². The fourth-order valence-corrected chi connectivity index (χ4v) is 5.03. The van der Waals surface area contributed by atoms with Gasteiger partial charge in [-0.05, 0) is 52.5 Å². The number of halogens is 3. The Balaban J connectivity index is 1.82. The Bertz CT molecular complexity index is 861. The summed E-state index contributed by atoms with van der Waals surface area (Å²) in [7, 11) is 1.51. The summed E-state index contributed by atoms with van der Waals surface area (Å²) in [6, 6.07) is 8.08. The molecule has 1 heterocycles. The van der Waals surface area contributed by atoms with Crippen LogP contribution in [0.5, 0.6) is 0 Å². The van der Waals surface area contributed by atoms with Crippen LogP contribution in [0.3, 0.4) is 0 Å². The van der Waals surface area contributed by atoms with Gasteiger partial charge in [-0.1, -0.05) is 30.3 Å². The highest BCUT2D eigenvalue weighted by Crippen LogP contribution is 2.50. The Morgan fingerprint density at radius 1 is 1.15 bits per heavy atom. The molecule has 0 spiro atoms. The lowest BCUT2D eigenvalue weighted by Gasteiger charge is -2.49. The molecular weight excluding hydrogens is 449 g/mol. The first-order valence-electron chi connectivity index (χ1n) is 11.7. The number of carbonyl (C=O) groups excluding carboxylic acids is 2. The number of methoxy groups -OCH3 is 1. The lowest BCUT2D eigenvalue weighted by Crippen LogP contribution is -2.59. The number of rotatable bonds is 6. The maximum atomic E-state index is 13.7. The Morgan fingerprint density at radius 3 is 2.24 bits per heavy atom. The molecular formula is C25H35F3N2O4. The second kappa shape index (κ2) is 9.76. The van der Waals surface area contributed by atoms with Crippen LogP contribution in [-0.4, -0.2) is 72.5 Å². The molecule has 2 aliphatic rings. The highest BCUT2D eigenvalue weighted by Gasteiger charge is 2.57. The minimum Gasteiger partial charge on any atom is -0.444 e. The summed E-state index contributed by atoms with van der Waals surface area (Å²) in [5, 5.41) is 0. The van der Waals surface area contributed by atoms with Gasteiger partial charge in [-0.3, -0.25) is 4.79 Å². The summed E-state index contributed by atoms with van der Waals surface area (Å²) < 4.78 is 52.0. The molecule has 1 aliphatic heterocycles. The van der Waals surface area contributed by atoms with E-state index in [1.54, 1.807) is 32.6 Å². The molecule has 34 heavy (non-hydrogen) atoms. The van der Waals surface area contributed by atoms with E-state index in [1.807, 2.05) is 30.3 Å². The van der Waals surface area contributed by atoms with Crippen LogP contribution in [-0.2, 0) is 14.3 Å². The molecule has 6 nitrogen and oxygen atoms in total. The van der Waals surface area contributed by atoms with Gasteiger partial charge >= 0.3 is 18.2 Å². The fourth-order valence-electron chi connectivity index (χ4n) is 5.03. The largest absolute Gasteiger partial charge is 0.471 e. The second-order valence-electron chi connectivity index (χ2n) is 10.5. The molecule has 1 aromatic rings. The van der Waals surface area contributed by atoms with Gasteiger partial charge < -0.3 is 19.3 Å². The lowest BCUT2D eigenvalue weighted by atomic mass is 9.72. The number of alkyl halides is 3. The molecule has 2 unspecified atom stereocenters. The number of hydrogen-bond donors (Lipinski definition) is 0. The first-order chi connectivity index (χ1) is 15.8. The van der Waals surface area contributed by atoms with Gasteiger partial charge in [0.2, 0.25) is 0 Å². The number of ether oxygens (including phenoxy) is 2. The van der Waals surface area contributed by atoms with Gasteiger partial charge in [0.15, 0.2) is 0 Å². The number of likely N-dealkylation sites (tertiary alicyclic amines) is 1. The van der Waals surface area contributed by atoms with Gasteiger partial charge in [0.1, 0.15) is 5.60 Å². The van der Waals surface area contributed by atoms with Crippen molar-refractivity contribution in [1.29, 1.82) is 0 Å². The summed E-state index contributed by atoms with van der Waals surface area (Å²) in [6.45, 7) is 7.88. The van der Waals surface area contributed by atoms with Crippen molar-refractivity contribution in [2.24, 2.45) is 5.41 Å². The van der Waals surface area contributed by atoms with Crippen molar-refractivity contribution in [1.82, 2.24) is 9.80 Å². The van der Waals surface area contributed by atoms with Crippen LogP contribution in [0.25, 0.3) is 0 Å². The summed E-state index contributed by atoms with van der Waals surface area (Å²) in [4.78, 5) is 27.8. The summed E-state index contributed by atoms with van der Waals surface area (Å²) in [5.74, 6) is -1.94. The standard InChI is InChI=1S/C25H35F3N2O4/c1-17(24(16-33-5)11-13-29(14-12-24)22(32)34-23(2,3)4)30(21(31)25(26,27)28)20-15-19(20)18-9-7-6-8-10-18/h6-10,17,19-20H,11-16H2,1-5H3/t17?,19?,20-/m1/s1. The monoisotopic (exact) mass is 484 g/mol. The zero-order chi connectivity index (χ0) is 25.3. The van der Waals surface area contributed by atoms with Crippen molar-refractivity contribution in [3.8, 4) is 0 Å². The topological polar surface area (TPSA) is 59.1 Å². The van der Waals surface area contributed by atoms with E-state index >= 15 is 0 Å². The van der Waals surface area contributed by atoms with E-state index in [0.29, 0.717) is 32.4 Å². The van der Waals surface area contributed by atoms with Crippen molar-refractivity contribution in [3.05, 3.63) is 35.9 Å². The van der Waals surface area contributed by atoms with Crippen LogP contribution in [0.15, 0.2) is 30.3 Å². The number of nitrogens with zero attached hydrogens (tertiary/aromatic N) is 2. The van der Waals surface area contributed by atoms with Gasteiger partial charge in [0.25, 0.3) is 0 Å². The molecule has 1 aromatic carbocycles. The van der Waals surface area contributed by atoms with Crippen LogP contribution in [0.2, 0.25) is 0 Å². The van der Waals surface area contributed by atoms with Crippen LogP contribution in [0.4, 0.5) is 18.0 Å². The van der Waals surface area contributed by atoms with Gasteiger partial charge in [0, 0.05) is 43.6 Å². The molecule has 9 heteroatoms. The summed E-state index contributed by atoms with van der Waals surface area (Å²) in [6.07, 6.45) is -4.11. The third-order valence-electron chi connectivity index (χ3n) is 6.96. The predicted octanol–water partition coefficient (Wildman–Crippen LogP) is 4.99. The van der Waals surface area contributed by atoms with E-state index in [4.69, 9.17) is 9.47 Å². The molecule has 1 aliphatic carbocycles. The molecule has 3 rings (SSSR count). The Kier molecular flexibility index (Phi) is 7.55.